The molecule has 1 aromatic rings. The number of aromatic nitrogens is 1. The number of methoxy groups -OCH3 is 1. The van der Waals surface area contributed by atoms with Crippen LogP contribution in [0.1, 0.15) is 17.5 Å². The monoisotopic (exact) mass is 198 g/mol. The van der Waals surface area contributed by atoms with Crippen molar-refractivity contribution in [2.24, 2.45) is 0 Å². The topological polar surface area (TPSA) is 81.4 Å². The van der Waals surface area contributed by atoms with Gasteiger partial charge in [-0.25, -0.2) is 4.79 Å². The van der Waals surface area contributed by atoms with Crippen molar-refractivity contribution in [3.8, 4) is 0 Å². The molecule has 1 rings (SSSR count). The number of carbonyl (C=O) groups excluding carboxylic acids is 2. The second-order valence-corrected chi connectivity index (χ2v) is 2.59. The summed E-state index contributed by atoms with van der Waals surface area (Å²) in [6.45, 7) is 1.51. The Hall–Kier alpha value is -1.85. The van der Waals surface area contributed by atoms with Crippen molar-refractivity contribution in [1.29, 1.82) is 0 Å². The Kier molecular flexibility index (Phi) is 3.22. The number of hydrogen-bond acceptors (Lipinski definition) is 5. The molecule has 0 fully saturated rings. The van der Waals surface area contributed by atoms with Gasteiger partial charge in [0.1, 0.15) is 6.04 Å². The summed E-state index contributed by atoms with van der Waals surface area (Å²) in [6.07, 6.45) is 1.34. The van der Waals surface area contributed by atoms with E-state index in [0.717, 1.165) is 0 Å². The fourth-order valence-corrected chi connectivity index (χ4v) is 0.836. The van der Waals surface area contributed by atoms with Crippen molar-refractivity contribution in [2.45, 2.75) is 13.0 Å². The molecule has 0 spiro atoms. The summed E-state index contributed by atoms with van der Waals surface area (Å²) in [7, 11) is 1.25. The summed E-state index contributed by atoms with van der Waals surface area (Å²) in [6, 6.07) is 0.692. The van der Waals surface area contributed by atoms with Crippen molar-refractivity contribution in [3.05, 3.63) is 18.0 Å². The number of hydrogen-bond donors (Lipinski definition) is 1. The van der Waals surface area contributed by atoms with E-state index in [1.165, 1.54) is 26.3 Å². The van der Waals surface area contributed by atoms with E-state index in [9.17, 15) is 9.59 Å². The number of ether oxygens (including phenoxy) is 1. The van der Waals surface area contributed by atoms with Crippen LogP contribution in [0, 0.1) is 0 Å². The highest BCUT2D eigenvalue weighted by Crippen LogP contribution is 1.97. The van der Waals surface area contributed by atoms with Crippen molar-refractivity contribution >= 4 is 11.9 Å². The first-order valence-electron chi connectivity index (χ1n) is 3.94. The third-order valence-electron chi connectivity index (χ3n) is 1.56. The van der Waals surface area contributed by atoms with Gasteiger partial charge in [-0.15, -0.1) is 0 Å². The van der Waals surface area contributed by atoms with Gasteiger partial charge in [0.15, 0.2) is 0 Å². The average molecular weight is 198 g/mol. The van der Waals surface area contributed by atoms with Crippen molar-refractivity contribution < 1.29 is 18.8 Å². The van der Waals surface area contributed by atoms with E-state index in [4.69, 9.17) is 0 Å². The predicted molar refractivity (Wildman–Crippen MR) is 45.4 cm³/mol. The summed E-state index contributed by atoms with van der Waals surface area (Å²) in [4.78, 5) is 22.2. The zero-order chi connectivity index (χ0) is 10.6. The Morgan fingerprint density at radius 2 is 2.36 bits per heavy atom. The molecular formula is C8H10N2O4. The molecule has 1 amide bonds. The molecule has 14 heavy (non-hydrogen) atoms. The van der Waals surface area contributed by atoms with Gasteiger partial charge in [-0.3, -0.25) is 4.79 Å². The quantitative estimate of drug-likeness (QED) is 0.689. The first kappa shape index (κ1) is 10.2. The number of carbonyl (C=O) groups is 2. The summed E-state index contributed by atoms with van der Waals surface area (Å²) >= 11 is 0. The zero-order valence-corrected chi connectivity index (χ0v) is 7.81. The molecule has 1 unspecified atom stereocenters. The molecule has 0 aliphatic heterocycles. The van der Waals surface area contributed by atoms with Crippen LogP contribution >= 0.6 is 0 Å². The third-order valence-corrected chi connectivity index (χ3v) is 1.56. The molecule has 0 aliphatic carbocycles. The normalized spacial score (nSPS) is 11.9. The molecule has 76 valence electrons. The molecular weight excluding hydrogens is 188 g/mol. The van der Waals surface area contributed by atoms with Gasteiger partial charge in [-0.1, -0.05) is 5.16 Å². The van der Waals surface area contributed by atoms with Gasteiger partial charge in [-0.05, 0) is 6.92 Å². The maximum absolute atomic E-state index is 11.3. The molecule has 6 heteroatoms. The largest absolute Gasteiger partial charge is 0.467 e. The van der Waals surface area contributed by atoms with Gasteiger partial charge in [0.2, 0.25) is 5.76 Å². The van der Waals surface area contributed by atoms with E-state index in [-0.39, 0.29) is 5.76 Å². The van der Waals surface area contributed by atoms with E-state index in [1.807, 2.05) is 0 Å². The van der Waals surface area contributed by atoms with Crippen LogP contribution in [0.3, 0.4) is 0 Å². The Morgan fingerprint density at radius 3 is 2.86 bits per heavy atom. The molecule has 0 aliphatic rings. The van der Waals surface area contributed by atoms with Crippen LogP contribution in [0.4, 0.5) is 0 Å². The van der Waals surface area contributed by atoms with Crippen molar-refractivity contribution in [3.63, 3.8) is 0 Å². The van der Waals surface area contributed by atoms with E-state index in [2.05, 4.69) is 19.7 Å². The highest BCUT2D eigenvalue weighted by molar-refractivity contribution is 5.94. The lowest BCUT2D eigenvalue weighted by Crippen LogP contribution is -2.38. The fourth-order valence-electron chi connectivity index (χ4n) is 0.836. The van der Waals surface area contributed by atoms with Gasteiger partial charge in [0.25, 0.3) is 5.91 Å². The lowest BCUT2D eigenvalue weighted by molar-refractivity contribution is -0.142. The van der Waals surface area contributed by atoms with Gasteiger partial charge in [-0.2, -0.15) is 0 Å². The first-order valence-corrected chi connectivity index (χ1v) is 3.94. The second kappa shape index (κ2) is 4.40. The van der Waals surface area contributed by atoms with Crippen molar-refractivity contribution in [2.75, 3.05) is 7.11 Å². The molecule has 0 aromatic carbocycles. The van der Waals surface area contributed by atoms with E-state index in [1.54, 1.807) is 0 Å². The maximum Gasteiger partial charge on any atom is 0.328 e. The van der Waals surface area contributed by atoms with Crippen LogP contribution in [0.25, 0.3) is 0 Å². The molecule has 1 heterocycles. The van der Waals surface area contributed by atoms with Crippen LogP contribution in [0.2, 0.25) is 0 Å². The Morgan fingerprint density at radius 1 is 1.64 bits per heavy atom. The maximum atomic E-state index is 11.3. The van der Waals surface area contributed by atoms with Crippen LogP contribution in [0.15, 0.2) is 16.8 Å². The standard InChI is InChI=1S/C8H10N2O4/c1-5(8(12)13-2)10-7(11)6-3-4-9-14-6/h3-5H,1-2H3,(H,10,11). The van der Waals surface area contributed by atoms with Crippen LogP contribution < -0.4 is 5.32 Å². The smallest absolute Gasteiger partial charge is 0.328 e. The third kappa shape index (κ3) is 2.32. The Bertz CT molecular complexity index is 320. The fraction of sp³-hybridized carbons (Fsp3) is 0.375. The Labute approximate surface area is 80.2 Å². The summed E-state index contributed by atoms with van der Waals surface area (Å²) in [5, 5.41) is 5.75. The average Bonchev–Trinajstić information content (AvgIpc) is 2.69. The molecule has 6 nitrogen and oxygen atoms in total. The van der Waals surface area contributed by atoms with Gasteiger partial charge in [0, 0.05) is 6.07 Å². The zero-order valence-electron chi connectivity index (χ0n) is 7.81. The predicted octanol–water partition coefficient (Wildman–Crippen LogP) is -0.0341. The van der Waals surface area contributed by atoms with E-state index >= 15 is 0 Å². The van der Waals surface area contributed by atoms with Crippen molar-refractivity contribution in [1.82, 2.24) is 10.5 Å². The van der Waals surface area contributed by atoms with Crippen LogP contribution in [0.5, 0.6) is 0 Å². The number of nitrogens with one attached hydrogen (secondary N) is 1. The molecule has 1 N–H and O–H groups in total. The number of nitrogens with zero attached hydrogens (tertiary/aromatic N) is 1. The summed E-state index contributed by atoms with van der Waals surface area (Å²) in [5.74, 6) is -0.959. The van der Waals surface area contributed by atoms with Crippen LogP contribution in [-0.4, -0.2) is 30.2 Å². The summed E-state index contributed by atoms with van der Waals surface area (Å²) < 4.78 is 9.03. The first-order chi connectivity index (χ1) is 6.65. The molecule has 1 aromatic heterocycles. The lowest BCUT2D eigenvalue weighted by atomic mass is 10.3. The van der Waals surface area contributed by atoms with Crippen LogP contribution in [-0.2, 0) is 9.53 Å². The van der Waals surface area contributed by atoms with E-state index < -0.39 is 17.9 Å². The van der Waals surface area contributed by atoms with Gasteiger partial charge >= 0.3 is 5.97 Å². The highest BCUT2D eigenvalue weighted by Gasteiger charge is 2.18. The molecule has 0 bridgehead atoms. The molecule has 0 radical (unpaired) electrons. The molecule has 1 atom stereocenters. The van der Waals surface area contributed by atoms with Gasteiger partial charge < -0.3 is 14.6 Å². The van der Waals surface area contributed by atoms with Gasteiger partial charge in [0.05, 0.1) is 13.3 Å². The minimum Gasteiger partial charge on any atom is -0.467 e. The minimum absolute atomic E-state index is 0.0563. The SMILES string of the molecule is COC(=O)C(C)NC(=O)c1ccno1. The second-order valence-electron chi connectivity index (χ2n) is 2.59. The minimum atomic E-state index is -0.711. The number of rotatable bonds is 3. The van der Waals surface area contributed by atoms with E-state index in [0.29, 0.717) is 0 Å². The number of amides is 1. The highest BCUT2D eigenvalue weighted by atomic mass is 16.5. The molecule has 0 saturated carbocycles. The Balaban J connectivity index is 2.53. The lowest BCUT2D eigenvalue weighted by Gasteiger charge is -2.09. The number of esters is 1. The molecule has 0 saturated heterocycles. The summed E-state index contributed by atoms with van der Waals surface area (Å²) in [5.41, 5.74) is 0.